The van der Waals surface area contributed by atoms with Gasteiger partial charge < -0.3 is 30.0 Å². The first kappa shape index (κ1) is 22.0. The summed E-state index contributed by atoms with van der Waals surface area (Å²) in [7, 11) is 3.23. The van der Waals surface area contributed by atoms with Crippen LogP contribution in [0.3, 0.4) is 0 Å². The van der Waals surface area contributed by atoms with Gasteiger partial charge in [-0.3, -0.25) is 0 Å². The lowest BCUT2D eigenvalue weighted by Crippen LogP contribution is -2.62. The Balaban J connectivity index is 1.74. The van der Waals surface area contributed by atoms with E-state index in [1.54, 1.807) is 14.2 Å². The fourth-order valence-corrected chi connectivity index (χ4v) is 4.11. The van der Waals surface area contributed by atoms with Crippen LogP contribution >= 0.6 is 0 Å². The minimum absolute atomic E-state index is 0.0916. The lowest BCUT2D eigenvalue weighted by atomic mass is 9.79. The van der Waals surface area contributed by atoms with Crippen LogP contribution in [0.2, 0.25) is 0 Å². The highest BCUT2D eigenvalue weighted by molar-refractivity contribution is 5.42. The number of rotatable bonds is 9. The van der Waals surface area contributed by atoms with Crippen LogP contribution in [0.15, 0.2) is 18.2 Å². The van der Waals surface area contributed by atoms with Crippen LogP contribution in [0.5, 0.6) is 11.5 Å². The molecule has 0 aliphatic carbocycles. The van der Waals surface area contributed by atoms with Gasteiger partial charge in [0.2, 0.25) is 0 Å². The summed E-state index contributed by atoms with van der Waals surface area (Å²) in [4.78, 5) is 0. The number of hydrogen-bond donors (Lipinski definition) is 3. The highest BCUT2D eigenvalue weighted by Crippen LogP contribution is 2.29. The Morgan fingerprint density at radius 1 is 1.11 bits per heavy atom. The number of piperidine rings is 1. The molecule has 1 aliphatic heterocycles. The molecule has 1 aromatic carbocycles. The zero-order valence-electron chi connectivity index (χ0n) is 17.6. The molecule has 1 saturated heterocycles. The number of methoxy groups -OCH3 is 2. The van der Waals surface area contributed by atoms with Crippen LogP contribution < -0.4 is 20.1 Å². The van der Waals surface area contributed by atoms with Gasteiger partial charge in [-0.05, 0) is 58.2 Å². The molecule has 1 aromatic rings. The Morgan fingerprint density at radius 3 is 2.33 bits per heavy atom. The third kappa shape index (κ3) is 6.96. The highest BCUT2D eigenvalue weighted by atomic mass is 16.5. The van der Waals surface area contributed by atoms with Gasteiger partial charge in [-0.25, -0.2) is 0 Å². The van der Waals surface area contributed by atoms with Crippen molar-refractivity contribution in [3.05, 3.63) is 23.8 Å². The fourth-order valence-electron chi connectivity index (χ4n) is 4.11. The summed E-state index contributed by atoms with van der Waals surface area (Å²) >= 11 is 0. The molecule has 0 radical (unpaired) electrons. The molecule has 0 amide bonds. The molecule has 1 heterocycles. The normalized spacial score (nSPS) is 20.3. The van der Waals surface area contributed by atoms with Crippen molar-refractivity contribution in [2.45, 2.75) is 70.4 Å². The van der Waals surface area contributed by atoms with E-state index in [4.69, 9.17) is 14.2 Å². The van der Waals surface area contributed by atoms with E-state index in [0.29, 0.717) is 37.3 Å². The molecule has 0 bridgehead atoms. The zero-order chi connectivity index (χ0) is 20.1. The van der Waals surface area contributed by atoms with Crippen molar-refractivity contribution in [1.82, 2.24) is 10.6 Å². The summed E-state index contributed by atoms with van der Waals surface area (Å²) in [5.41, 5.74) is 1.16. The highest BCUT2D eigenvalue weighted by Gasteiger charge is 2.37. The Kier molecular flexibility index (Phi) is 7.51. The van der Waals surface area contributed by atoms with Gasteiger partial charge in [0.15, 0.2) is 11.5 Å². The molecule has 1 aliphatic rings. The molecule has 27 heavy (non-hydrogen) atoms. The lowest BCUT2D eigenvalue weighted by Gasteiger charge is -2.47. The number of ether oxygens (including phenoxy) is 3. The van der Waals surface area contributed by atoms with Crippen molar-refractivity contribution in [2.75, 3.05) is 27.4 Å². The second-order valence-electron chi connectivity index (χ2n) is 8.76. The van der Waals surface area contributed by atoms with E-state index in [-0.39, 0.29) is 11.1 Å². The third-order valence-corrected chi connectivity index (χ3v) is 4.86. The first-order valence-corrected chi connectivity index (χ1v) is 9.63. The lowest BCUT2D eigenvalue weighted by molar-refractivity contribution is 0.0247. The van der Waals surface area contributed by atoms with E-state index in [2.05, 4.69) is 38.3 Å². The number of aliphatic hydroxyl groups is 1. The molecule has 1 fully saturated rings. The van der Waals surface area contributed by atoms with Crippen LogP contribution in [0.1, 0.15) is 46.1 Å². The number of aliphatic hydroxyl groups excluding tert-OH is 1. The molecule has 1 atom stereocenters. The Hall–Kier alpha value is -1.34. The van der Waals surface area contributed by atoms with Crippen molar-refractivity contribution in [3.63, 3.8) is 0 Å². The molecule has 3 N–H and O–H groups in total. The minimum atomic E-state index is -0.536. The van der Waals surface area contributed by atoms with Crippen molar-refractivity contribution in [2.24, 2.45) is 0 Å². The average molecular weight is 381 g/mol. The van der Waals surface area contributed by atoms with Crippen LogP contribution in [0, 0.1) is 0 Å². The molecule has 6 nitrogen and oxygen atoms in total. The van der Waals surface area contributed by atoms with E-state index in [0.717, 1.165) is 18.4 Å². The van der Waals surface area contributed by atoms with Gasteiger partial charge >= 0.3 is 0 Å². The molecule has 0 saturated carbocycles. The van der Waals surface area contributed by atoms with Crippen LogP contribution in [0.4, 0.5) is 0 Å². The largest absolute Gasteiger partial charge is 0.493 e. The summed E-state index contributed by atoms with van der Waals surface area (Å²) in [6.07, 6.45) is 1.54. The van der Waals surface area contributed by atoms with Crippen LogP contribution in [0.25, 0.3) is 0 Å². The first-order valence-electron chi connectivity index (χ1n) is 9.63. The van der Waals surface area contributed by atoms with Crippen LogP contribution in [-0.2, 0) is 11.3 Å². The zero-order valence-corrected chi connectivity index (χ0v) is 17.6. The molecule has 154 valence electrons. The van der Waals surface area contributed by atoms with Gasteiger partial charge in [0.05, 0.1) is 33.5 Å². The molecule has 6 heteroatoms. The summed E-state index contributed by atoms with van der Waals surface area (Å²) in [6.45, 7) is 10.2. The van der Waals surface area contributed by atoms with E-state index in [1.807, 2.05) is 18.2 Å². The number of hydrogen-bond acceptors (Lipinski definition) is 6. The van der Waals surface area contributed by atoms with Crippen molar-refractivity contribution in [1.29, 1.82) is 0 Å². The SMILES string of the molecule is COc1ccc(COC[C@H](O)CNC2CC(C)(C)NC(C)(C)C2)cc1OC. The first-order chi connectivity index (χ1) is 12.6. The van der Waals surface area contributed by atoms with E-state index >= 15 is 0 Å². The van der Waals surface area contributed by atoms with Gasteiger partial charge in [-0.1, -0.05) is 6.07 Å². The molecular weight excluding hydrogens is 344 g/mol. The van der Waals surface area contributed by atoms with Gasteiger partial charge in [0, 0.05) is 23.7 Å². The van der Waals surface area contributed by atoms with Crippen molar-refractivity contribution in [3.8, 4) is 11.5 Å². The molecule has 0 unspecified atom stereocenters. The Morgan fingerprint density at radius 2 is 1.74 bits per heavy atom. The van der Waals surface area contributed by atoms with E-state index in [1.165, 1.54) is 0 Å². The Bertz CT molecular complexity index is 588. The summed E-state index contributed by atoms with van der Waals surface area (Å²) in [5.74, 6) is 1.37. The monoisotopic (exact) mass is 380 g/mol. The summed E-state index contributed by atoms with van der Waals surface area (Å²) in [5, 5.41) is 17.4. The number of benzene rings is 1. The number of nitrogens with one attached hydrogen (secondary N) is 2. The van der Waals surface area contributed by atoms with Crippen molar-refractivity contribution >= 4 is 0 Å². The summed E-state index contributed by atoms with van der Waals surface area (Å²) in [6, 6.07) is 6.07. The maximum atomic E-state index is 10.3. The minimum Gasteiger partial charge on any atom is -0.493 e. The van der Waals surface area contributed by atoms with Crippen LogP contribution in [-0.4, -0.2) is 55.7 Å². The maximum absolute atomic E-state index is 10.3. The maximum Gasteiger partial charge on any atom is 0.161 e. The smallest absolute Gasteiger partial charge is 0.161 e. The quantitative estimate of drug-likeness (QED) is 0.611. The third-order valence-electron chi connectivity index (χ3n) is 4.86. The molecule has 2 rings (SSSR count). The predicted octanol–water partition coefficient (Wildman–Crippen LogP) is 2.48. The molecular formula is C21H36N2O4. The molecule has 0 aromatic heterocycles. The predicted molar refractivity (Wildman–Crippen MR) is 108 cm³/mol. The standard InChI is InChI=1S/C21H36N2O4/c1-20(2)10-16(11-21(3,4)23-20)22-12-17(24)14-27-13-15-7-8-18(25-5)19(9-15)26-6/h7-9,16-17,22-24H,10-14H2,1-6H3/t17-/m1/s1. The molecule has 0 spiro atoms. The second-order valence-corrected chi connectivity index (χ2v) is 8.76. The van der Waals surface area contributed by atoms with E-state index < -0.39 is 6.10 Å². The fraction of sp³-hybridized carbons (Fsp3) is 0.714. The van der Waals surface area contributed by atoms with Gasteiger partial charge in [0.1, 0.15) is 0 Å². The topological polar surface area (TPSA) is 72.0 Å². The van der Waals surface area contributed by atoms with E-state index in [9.17, 15) is 5.11 Å². The van der Waals surface area contributed by atoms with Gasteiger partial charge in [0.25, 0.3) is 0 Å². The van der Waals surface area contributed by atoms with Gasteiger partial charge in [-0.2, -0.15) is 0 Å². The van der Waals surface area contributed by atoms with Crippen molar-refractivity contribution < 1.29 is 19.3 Å². The summed E-state index contributed by atoms with van der Waals surface area (Å²) < 4.78 is 16.2. The second kappa shape index (κ2) is 9.24. The average Bonchev–Trinajstić information content (AvgIpc) is 2.57. The Labute approximate surface area is 163 Å². The van der Waals surface area contributed by atoms with Gasteiger partial charge in [-0.15, -0.1) is 0 Å².